The summed E-state index contributed by atoms with van der Waals surface area (Å²) in [7, 11) is 0. The summed E-state index contributed by atoms with van der Waals surface area (Å²) in [5, 5.41) is 22.6. The summed E-state index contributed by atoms with van der Waals surface area (Å²) in [5.41, 5.74) is 1.84. The number of alkyl halides is 1. The summed E-state index contributed by atoms with van der Waals surface area (Å²) in [6.45, 7) is 0. The van der Waals surface area contributed by atoms with Gasteiger partial charge in [0.1, 0.15) is 0 Å². The minimum absolute atomic E-state index is 0.0366. The Morgan fingerprint density at radius 2 is 1.80 bits per heavy atom. The molecule has 0 atom stereocenters. The Kier molecular flexibility index (Phi) is 4.63. The van der Waals surface area contributed by atoms with Crippen molar-refractivity contribution in [3.05, 3.63) is 53.6 Å². The van der Waals surface area contributed by atoms with Crippen LogP contribution in [0.4, 0.5) is 5.69 Å². The summed E-state index contributed by atoms with van der Waals surface area (Å²) in [6, 6.07) is 11.7. The van der Waals surface area contributed by atoms with Crippen molar-refractivity contribution in [1.29, 1.82) is 0 Å². The summed E-state index contributed by atoms with van der Waals surface area (Å²) in [6.07, 6.45) is 0.918. The van der Waals surface area contributed by atoms with Crippen LogP contribution < -0.4 is 5.32 Å². The molecule has 2 rings (SSSR count). The first-order valence-corrected chi connectivity index (χ1v) is 7.21. The Hall–Kier alpha value is -2.01. The third kappa shape index (κ3) is 3.30. The van der Waals surface area contributed by atoms with Gasteiger partial charge in [0.25, 0.3) is 5.91 Å². The fraction of sp³-hybridized carbons (Fsp3) is 0.133. The summed E-state index contributed by atoms with van der Waals surface area (Å²) in [4.78, 5) is 12.0. The van der Waals surface area contributed by atoms with E-state index in [2.05, 4.69) is 21.2 Å². The molecule has 0 fully saturated rings. The smallest absolute Gasteiger partial charge is 0.259 e. The standard InChI is InChI=1S/C15H14BrNO3/c16-9-8-10-4-6-11(7-5-10)17-15(20)12-2-1-3-13(18)14(12)19/h1-7,18-19H,8-9H2,(H,17,20). The van der Waals surface area contributed by atoms with E-state index in [-0.39, 0.29) is 11.3 Å². The molecule has 0 bridgehead atoms. The lowest BCUT2D eigenvalue weighted by Crippen LogP contribution is -2.12. The Labute approximate surface area is 125 Å². The monoisotopic (exact) mass is 335 g/mol. The first-order chi connectivity index (χ1) is 9.61. The third-order valence-electron chi connectivity index (χ3n) is 2.85. The number of phenolic OH excluding ortho intramolecular Hbond substituents is 2. The van der Waals surface area contributed by atoms with Gasteiger partial charge in [0.15, 0.2) is 11.5 Å². The average molecular weight is 336 g/mol. The maximum absolute atomic E-state index is 12.0. The van der Waals surface area contributed by atoms with Crippen LogP contribution in [0.5, 0.6) is 11.5 Å². The van der Waals surface area contributed by atoms with E-state index in [4.69, 9.17) is 0 Å². The zero-order chi connectivity index (χ0) is 14.5. The molecule has 0 aliphatic rings. The van der Waals surface area contributed by atoms with Crippen molar-refractivity contribution in [2.24, 2.45) is 0 Å². The molecule has 2 aromatic carbocycles. The summed E-state index contributed by atoms with van der Waals surface area (Å²) < 4.78 is 0. The minimum atomic E-state index is -0.466. The van der Waals surface area contributed by atoms with Crippen molar-refractivity contribution in [2.45, 2.75) is 6.42 Å². The third-order valence-corrected chi connectivity index (χ3v) is 3.25. The van der Waals surface area contributed by atoms with Gasteiger partial charge in [-0.15, -0.1) is 0 Å². The second kappa shape index (κ2) is 6.43. The van der Waals surface area contributed by atoms with E-state index in [9.17, 15) is 15.0 Å². The number of hydrogen-bond acceptors (Lipinski definition) is 3. The number of phenols is 2. The highest BCUT2D eigenvalue weighted by Gasteiger charge is 2.13. The maximum atomic E-state index is 12.0. The number of rotatable bonds is 4. The molecule has 5 heteroatoms. The normalized spacial score (nSPS) is 10.2. The second-order valence-corrected chi connectivity index (χ2v) is 5.06. The van der Waals surface area contributed by atoms with E-state index >= 15 is 0 Å². The van der Waals surface area contributed by atoms with Gasteiger partial charge in [-0.3, -0.25) is 4.79 Å². The minimum Gasteiger partial charge on any atom is -0.504 e. The van der Waals surface area contributed by atoms with Crippen molar-refractivity contribution >= 4 is 27.5 Å². The van der Waals surface area contributed by atoms with Gasteiger partial charge in [-0.1, -0.05) is 34.1 Å². The zero-order valence-corrected chi connectivity index (χ0v) is 12.2. The molecule has 4 nitrogen and oxygen atoms in total. The number of amides is 1. The summed E-state index contributed by atoms with van der Waals surface area (Å²) in [5.74, 6) is -1.20. The summed E-state index contributed by atoms with van der Waals surface area (Å²) >= 11 is 3.37. The molecule has 104 valence electrons. The number of carbonyl (C=O) groups excluding carboxylic acids is 1. The van der Waals surface area contributed by atoms with E-state index in [1.54, 1.807) is 12.1 Å². The molecule has 0 saturated heterocycles. The van der Waals surface area contributed by atoms with Crippen LogP contribution in [-0.2, 0) is 6.42 Å². The number of aromatic hydroxyl groups is 2. The van der Waals surface area contributed by atoms with Gasteiger partial charge < -0.3 is 15.5 Å². The van der Waals surface area contributed by atoms with E-state index < -0.39 is 11.7 Å². The van der Waals surface area contributed by atoms with Gasteiger partial charge >= 0.3 is 0 Å². The number of nitrogens with one attached hydrogen (secondary N) is 1. The molecule has 0 heterocycles. The number of halogens is 1. The molecule has 0 aromatic heterocycles. The van der Waals surface area contributed by atoms with E-state index in [0.717, 1.165) is 11.8 Å². The van der Waals surface area contributed by atoms with E-state index in [1.165, 1.54) is 23.8 Å². The molecule has 0 aliphatic carbocycles. The SMILES string of the molecule is O=C(Nc1ccc(CCBr)cc1)c1cccc(O)c1O. The van der Waals surface area contributed by atoms with Gasteiger partial charge in [0, 0.05) is 11.0 Å². The van der Waals surface area contributed by atoms with Crippen molar-refractivity contribution in [2.75, 3.05) is 10.6 Å². The molecule has 0 radical (unpaired) electrons. The Morgan fingerprint density at radius 1 is 1.10 bits per heavy atom. The largest absolute Gasteiger partial charge is 0.504 e. The van der Waals surface area contributed by atoms with Crippen LogP contribution in [-0.4, -0.2) is 21.5 Å². The molecule has 1 amide bonds. The van der Waals surface area contributed by atoms with E-state index in [1.807, 2.05) is 12.1 Å². The molecule has 20 heavy (non-hydrogen) atoms. The molecule has 0 unspecified atom stereocenters. The van der Waals surface area contributed by atoms with Crippen LogP contribution in [0.3, 0.4) is 0 Å². The fourth-order valence-electron chi connectivity index (χ4n) is 1.78. The Morgan fingerprint density at radius 3 is 2.45 bits per heavy atom. The van der Waals surface area contributed by atoms with Crippen molar-refractivity contribution in [3.8, 4) is 11.5 Å². The predicted octanol–water partition coefficient (Wildman–Crippen LogP) is 3.29. The lowest BCUT2D eigenvalue weighted by Gasteiger charge is -2.08. The highest BCUT2D eigenvalue weighted by atomic mass is 79.9. The quantitative estimate of drug-likeness (QED) is 0.593. The van der Waals surface area contributed by atoms with Gasteiger partial charge in [0.05, 0.1) is 5.56 Å². The van der Waals surface area contributed by atoms with Crippen molar-refractivity contribution in [3.63, 3.8) is 0 Å². The van der Waals surface area contributed by atoms with Crippen LogP contribution in [0.2, 0.25) is 0 Å². The number of hydrogen-bond donors (Lipinski definition) is 3. The first-order valence-electron chi connectivity index (χ1n) is 6.09. The predicted molar refractivity (Wildman–Crippen MR) is 81.7 cm³/mol. The molecule has 0 aliphatic heterocycles. The average Bonchev–Trinajstić information content (AvgIpc) is 2.44. The topological polar surface area (TPSA) is 69.6 Å². The van der Waals surface area contributed by atoms with Crippen LogP contribution >= 0.6 is 15.9 Å². The lowest BCUT2D eigenvalue weighted by molar-refractivity contribution is 0.102. The number of carbonyl (C=O) groups is 1. The lowest BCUT2D eigenvalue weighted by atomic mass is 10.1. The Bertz CT molecular complexity index is 611. The van der Waals surface area contributed by atoms with Crippen LogP contribution in [0, 0.1) is 0 Å². The van der Waals surface area contributed by atoms with Crippen molar-refractivity contribution < 1.29 is 15.0 Å². The van der Waals surface area contributed by atoms with Crippen molar-refractivity contribution in [1.82, 2.24) is 0 Å². The van der Waals surface area contributed by atoms with Crippen LogP contribution in [0.1, 0.15) is 15.9 Å². The number of para-hydroxylation sites is 1. The molecule has 0 spiro atoms. The van der Waals surface area contributed by atoms with Gasteiger partial charge in [-0.2, -0.15) is 0 Å². The number of aryl methyl sites for hydroxylation is 1. The maximum Gasteiger partial charge on any atom is 0.259 e. The number of anilines is 1. The van der Waals surface area contributed by atoms with Crippen LogP contribution in [0.15, 0.2) is 42.5 Å². The second-order valence-electron chi connectivity index (χ2n) is 4.26. The molecular formula is C15H14BrNO3. The van der Waals surface area contributed by atoms with E-state index in [0.29, 0.717) is 5.69 Å². The van der Waals surface area contributed by atoms with Gasteiger partial charge in [0.2, 0.25) is 0 Å². The van der Waals surface area contributed by atoms with Crippen LogP contribution in [0.25, 0.3) is 0 Å². The molecule has 2 aromatic rings. The molecule has 0 saturated carbocycles. The number of benzene rings is 2. The molecular weight excluding hydrogens is 322 g/mol. The highest BCUT2D eigenvalue weighted by molar-refractivity contribution is 9.09. The Balaban J connectivity index is 2.13. The fourth-order valence-corrected chi connectivity index (χ4v) is 2.23. The highest BCUT2D eigenvalue weighted by Crippen LogP contribution is 2.28. The van der Waals surface area contributed by atoms with Gasteiger partial charge in [-0.25, -0.2) is 0 Å². The van der Waals surface area contributed by atoms with Gasteiger partial charge in [-0.05, 0) is 36.2 Å². The first kappa shape index (κ1) is 14.4. The molecule has 3 N–H and O–H groups in total. The zero-order valence-electron chi connectivity index (χ0n) is 10.6.